The van der Waals surface area contributed by atoms with E-state index < -0.39 is 5.82 Å². The molecule has 0 aliphatic heterocycles. The third-order valence-electron chi connectivity index (χ3n) is 2.87. The molecule has 23 heavy (non-hydrogen) atoms. The molecular formula is C15H19FN6O. The highest BCUT2D eigenvalue weighted by molar-refractivity contribution is 5.93. The van der Waals surface area contributed by atoms with Crippen molar-refractivity contribution >= 4 is 17.7 Å². The number of carbonyl (C=O) groups is 1. The summed E-state index contributed by atoms with van der Waals surface area (Å²) in [5.41, 5.74) is 1.03. The third-order valence-corrected chi connectivity index (χ3v) is 2.87. The first-order valence-corrected chi connectivity index (χ1v) is 7.30. The SMILES string of the molecule is CCNc1cc(C)nc(NCCNC(=O)c2cncc(F)c2)n1. The number of halogens is 1. The van der Waals surface area contributed by atoms with Gasteiger partial charge in [0.25, 0.3) is 5.91 Å². The van der Waals surface area contributed by atoms with Crippen molar-refractivity contribution in [3.63, 3.8) is 0 Å². The Morgan fingerprint density at radius 3 is 2.74 bits per heavy atom. The number of nitrogens with zero attached hydrogens (tertiary/aromatic N) is 3. The van der Waals surface area contributed by atoms with Crippen LogP contribution < -0.4 is 16.0 Å². The van der Waals surface area contributed by atoms with Gasteiger partial charge >= 0.3 is 0 Å². The van der Waals surface area contributed by atoms with Gasteiger partial charge in [0.05, 0.1) is 11.8 Å². The van der Waals surface area contributed by atoms with Gasteiger partial charge in [0.1, 0.15) is 11.6 Å². The number of hydrogen-bond donors (Lipinski definition) is 3. The van der Waals surface area contributed by atoms with Crippen LogP contribution in [0.15, 0.2) is 24.5 Å². The van der Waals surface area contributed by atoms with Gasteiger partial charge in [-0.15, -0.1) is 0 Å². The number of nitrogens with one attached hydrogen (secondary N) is 3. The summed E-state index contributed by atoms with van der Waals surface area (Å²) in [5.74, 6) is 0.317. The summed E-state index contributed by atoms with van der Waals surface area (Å²) < 4.78 is 13.0. The second kappa shape index (κ2) is 8.02. The number of rotatable bonds is 7. The van der Waals surface area contributed by atoms with E-state index in [1.807, 2.05) is 19.9 Å². The number of amides is 1. The van der Waals surface area contributed by atoms with Crippen molar-refractivity contribution in [3.8, 4) is 0 Å². The molecule has 122 valence electrons. The quantitative estimate of drug-likeness (QED) is 0.672. The van der Waals surface area contributed by atoms with E-state index >= 15 is 0 Å². The molecule has 0 unspecified atom stereocenters. The Labute approximate surface area is 133 Å². The summed E-state index contributed by atoms with van der Waals surface area (Å²) in [6.45, 7) is 5.44. The molecule has 0 saturated heterocycles. The zero-order chi connectivity index (χ0) is 16.7. The topological polar surface area (TPSA) is 91.8 Å². The molecule has 2 heterocycles. The maximum absolute atomic E-state index is 13.0. The molecule has 1 amide bonds. The van der Waals surface area contributed by atoms with Gasteiger partial charge in [-0.05, 0) is 19.9 Å². The van der Waals surface area contributed by atoms with E-state index in [-0.39, 0.29) is 11.5 Å². The third kappa shape index (κ3) is 5.17. The molecule has 3 N–H and O–H groups in total. The minimum Gasteiger partial charge on any atom is -0.370 e. The summed E-state index contributed by atoms with van der Waals surface area (Å²) in [4.78, 5) is 24.0. The van der Waals surface area contributed by atoms with Crippen LogP contribution in [0.5, 0.6) is 0 Å². The van der Waals surface area contributed by atoms with Crippen molar-refractivity contribution in [2.75, 3.05) is 30.3 Å². The van der Waals surface area contributed by atoms with E-state index in [0.717, 1.165) is 30.3 Å². The molecular weight excluding hydrogens is 299 g/mol. The van der Waals surface area contributed by atoms with Crippen molar-refractivity contribution in [2.24, 2.45) is 0 Å². The predicted molar refractivity (Wildman–Crippen MR) is 86.0 cm³/mol. The van der Waals surface area contributed by atoms with Crippen molar-refractivity contribution in [3.05, 3.63) is 41.6 Å². The number of carbonyl (C=O) groups excluding carboxylic acids is 1. The highest BCUT2D eigenvalue weighted by Crippen LogP contribution is 2.08. The fourth-order valence-electron chi connectivity index (χ4n) is 1.91. The number of anilines is 2. The van der Waals surface area contributed by atoms with E-state index in [4.69, 9.17) is 0 Å². The van der Waals surface area contributed by atoms with Gasteiger partial charge in [-0.3, -0.25) is 9.78 Å². The van der Waals surface area contributed by atoms with Crippen LogP contribution in [-0.4, -0.2) is 40.5 Å². The lowest BCUT2D eigenvalue weighted by molar-refractivity contribution is 0.0954. The summed E-state index contributed by atoms with van der Waals surface area (Å²) >= 11 is 0. The second-order valence-corrected chi connectivity index (χ2v) is 4.82. The molecule has 0 aromatic carbocycles. The summed E-state index contributed by atoms with van der Waals surface area (Å²) in [6, 6.07) is 3.00. The lowest BCUT2D eigenvalue weighted by atomic mass is 10.2. The largest absolute Gasteiger partial charge is 0.370 e. The molecule has 0 atom stereocenters. The summed E-state index contributed by atoms with van der Waals surface area (Å²) in [6.07, 6.45) is 2.37. The molecule has 0 radical (unpaired) electrons. The van der Waals surface area contributed by atoms with Gasteiger partial charge in [-0.1, -0.05) is 0 Å². The zero-order valence-electron chi connectivity index (χ0n) is 13.1. The Morgan fingerprint density at radius 2 is 2.00 bits per heavy atom. The van der Waals surface area contributed by atoms with Crippen molar-refractivity contribution in [1.82, 2.24) is 20.3 Å². The van der Waals surface area contributed by atoms with Crippen molar-refractivity contribution < 1.29 is 9.18 Å². The smallest absolute Gasteiger partial charge is 0.253 e. The molecule has 0 saturated carbocycles. The first-order chi connectivity index (χ1) is 11.1. The van der Waals surface area contributed by atoms with Gasteiger partial charge in [-0.25, -0.2) is 9.37 Å². The standard InChI is InChI=1S/C15H19FN6O/c1-3-18-13-6-10(2)21-15(22-13)20-5-4-19-14(23)11-7-12(16)9-17-8-11/h6-9H,3-5H2,1-2H3,(H,19,23)(H2,18,20,21,22). The van der Waals surface area contributed by atoms with E-state index in [9.17, 15) is 9.18 Å². The maximum atomic E-state index is 13.0. The van der Waals surface area contributed by atoms with E-state index in [2.05, 4.69) is 30.9 Å². The van der Waals surface area contributed by atoms with Gasteiger partial charge in [0.2, 0.25) is 5.95 Å². The van der Waals surface area contributed by atoms with Crippen LogP contribution >= 0.6 is 0 Å². The first kappa shape index (κ1) is 16.6. The first-order valence-electron chi connectivity index (χ1n) is 7.30. The zero-order valence-corrected chi connectivity index (χ0v) is 13.1. The predicted octanol–water partition coefficient (Wildman–Crippen LogP) is 1.59. The minimum absolute atomic E-state index is 0.186. The van der Waals surface area contributed by atoms with Crippen LogP contribution in [0.1, 0.15) is 23.0 Å². The van der Waals surface area contributed by atoms with Crippen LogP contribution in [0, 0.1) is 12.7 Å². The fourth-order valence-corrected chi connectivity index (χ4v) is 1.91. The van der Waals surface area contributed by atoms with E-state index in [1.54, 1.807) is 0 Å². The number of aromatic nitrogens is 3. The average molecular weight is 318 g/mol. The van der Waals surface area contributed by atoms with Gasteiger partial charge in [0, 0.05) is 37.6 Å². The molecule has 7 nitrogen and oxygen atoms in total. The highest BCUT2D eigenvalue weighted by atomic mass is 19.1. The Bertz CT molecular complexity index is 679. The summed E-state index contributed by atoms with van der Waals surface area (Å²) in [7, 11) is 0. The Morgan fingerprint density at radius 1 is 1.17 bits per heavy atom. The molecule has 2 aromatic rings. The number of hydrogen-bond acceptors (Lipinski definition) is 6. The fraction of sp³-hybridized carbons (Fsp3) is 0.333. The van der Waals surface area contributed by atoms with Crippen molar-refractivity contribution in [1.29, 1.82) is 0 Å². The van der Waals surface area contributed by atoms with Gasteiger partial charge in [-0.2, -0.15) is 4.98 Å². The monoisotopic (exact) mass is 318 g/mol. The van der Waals surface area contributed by atoms with Crippen LogP contribution in [0.4, 0.5) is 16.2 Å². The summed E-state index contributed by atoms with van der Waals surface area (Å²) in [5, 5.41) is 8.83. The molecule has 0 aliphatic carbocycles. The number of aryl methyl sites for hydroxylation is 1. The van der Waals surface area contributed by atoms with Crippen molar-refractivity contribution in [2.45, 2.75) is 13.8 Å². The second-order valence-electron chi connectivity index (χ2n) is 4.82. The van der Waals surface area contributed by atoms with Crippen LogP contribution in [0.2, 0.25) is 0 Å². The van der Waals surface area contributed by atoms with Gasteiger partial charge in [0.15, 0.2) is 0 Å². The molecule has 2 rings (SSSR count). The molecule has 2 aromatic heterocycles. The van der Waals surface area contributed by atoms with Gasteiger partial charge < -0.3 is 16.0 Å². The van der Waals surface area contributed by atoms with Crippen LogP contribution in [0.25, 0.3) is 0 Å². The molecule has 8 heteroatoms. The Kier molecular flexibility index (Phi) is 5.79. The van der Waals surface area contributed by atoms with Crippen LogP contribution in [0.3, 0.4) is 0 Å². The normalized spacial score (nSPS) is 10.2. The molecule has 0 spiro atoms. The lowest BCUT2D eigenvalue weighted by Crippen LogP contribution is -2.29. The Hall–Kier alpha value is -2.77. The molecule has 0 fully saturated rings. The lowest BCUT2D eigenvalue weighted by Gasteiger charge is -2.09. The minimum atomic E-state index is -0.542. The molecule has 0 bridgehead atoms. The van der Waals surface area contributed by atoms with Crippen LogP contribution in [-0.2, 0) is 0 Å². The highest BCUT2D eigenvalue weighted by Gasteiger charge is 2.06. The van der Waals surface area contributed by atoms with E-state index in [1.165, 1.54) is 6.20 Å². The average Bonchev–Trinajstić information content (AvgIpc) is 2.51. The Balaban J connectivity index is 1.82. The molecule has 0 aliphatic rings. The number of pyridine rings is 1. The van der Waals surface area contributed by atoms with E-state index in [0.29, 0.717) is 19.0 Å². The maximum Gasteiger partial charge on any atom is 0.253 e.